The smallest absolute Gasteiger partial charge is 0.251 e. The van der Waals surface area contributed by atoms with E-state index in [2.05, 4.69) is 21.9 Å². The molecule has 0 aliphatic carbocycles. The van der Waals surface area contributed by atoms with E-state index in [1.165, 1.54) is 30.3 Å². The fraction of sp³-hybridized carbons (Fsp3) is 0.333. The maximum Gasteiger partial charge on any atom is 0.251 e. The fourth-order valence-corrected chi connectivity index (χ4v) is 2.93. The normalized spacial score (nSPS) is 11.1. The lowest BCUT2D eigenvalue weighted by atomic mass is 10.2. The molecule has 0 spiro atoms. The van der Waals surface area contributed by atoms with Crippen LogP contribution in [0.3, 0.4) is 0 Å². The molecule has 0 heterocycles. The molecule has 0 atom stereocenters. The summed E-state index contributed by atoms with van der Waals surface area (Å²) in [6.45, 7) is 7.06. The van der Waals surface area contributed by atoms with Crippen LogP contribution in [-0.2, 0) is 14.8 Å². The van der Waals surface area contributed by atoms with Crippen LogP contribution in [0.4, 0.5) is 0 Å². The monoisotopic (exact) mass is 339 g/mol. The van der Waals surface area contributed by atoms with Gasteiger partial charge >= 0.3 is 0 Å². The molecule has 23 heavy (non-hydrogen) atoms. The van der Waals surface area contributed by atoms with E-state index < -0.39 is 15.9 Å². The van der Waals surface area contributed by atoms with Crippen LogP contribution < -0.4 is 15.4 Å². The van der Waals surface area contributed by atoms with Crippen LogP contribution in [0.5, 0.6) is 0 Å². The molecule has 1 rings (SSSR count). The van der Waals surface area contributed by atoms with Gasteiger partial charge in [0.05, 0.1) is 11.4 Å². The Hall–Kier alpha value is -2.19. The average Bonchev–Trinajstić information content (AvgIpc) is 2.49. The summed E-state index contributed by atoms with van der Waals surface area (Å²) in [6, 6.07) is 5.25. The van der Waals surface area contributed by atoms with Crippen molar-refractivity contribution in [3.05, 3.63) is 42.5 Å². The van der Waals surface area contributed by atoms with Gasteiger partial charge in [-0.1, -0.05) is 6.08 Å². The number of carbonyl (C=O) groups excluding carboxylic acids is 2. The van der Waals surface area contributed by atoms with Crippen LogP contribution in [0.2, 0.25) is 0 Å². The van der Waals surface area contributed by atoms with Gasteiger partial charge in [0.2, 0.25) is 15.9 Å². The summed E-state index contributed by atoms with van der Waals surface area (Å²) >= 11 is 0. The summed E-state index contributed by atoms with van der Waals surface area (Å²) in [6.07, 6.45) is 1.53. The maximum absolute atomic E-state index is 12.0. The molecule has 0 aromatic heterocycles. The summed E-state index contributed by atoms with van der Waals surface area (Å²) in [5.74, 6) is -0.793. The molecule has 0 aliphatic rings. The fourth-order valence-electron chi connectivity index (χ4n) is 1.67. The van der Waals surface area contributed by atoms with Crippen molar-refractivity contribution in [3.8, 4) is 0 Å². The second-order valence-electron chi connectivity index (χ2n) is 5.08. The van der Waals surface area contributed by atoms with Crippen molar-refractivity contribution >= 4 is 21.8 Å². The van der Waals surface area contributed by atoms with Gasteiger partial charge < -0.3 is 10.6 Å². The predicted octanol–water partition coefficient (Wildman–Crippen LogP) is 0.405. The molecule has 0 aliphatic heterocycles. The van der Waals surface area contributed by atoms with E-state index in [4.69, 9.17) is 0 Å². The lowest BCUT2D eigenvalue weighted by molar-refractivity contribution is -0.119. The van der Waals surface area contributed by atoms with Gasteiger partial charge in [-0.15, -0.1) is 6.58 Å². The largest absolute Gasteiger partial charge is 0.351 e. The predicted molar refractivity (Wildman–Crippen MR) is 87.4 cm³/mol. The number of benzene rings is 1. The maximum atomic E-state index is 12.0. The Labute approximate surface area is 136 Å². The number of hydrogen-bond acceptors (Lipinski definition) is 4. The summed E-state index contributed by atoms with van der Waals surface area (Å²) < 4.78 is 26.4. The zero-order valence-electron chi connectivity index (χ0n) is 13.1. The van der Waals surface area contributed by atoms with Crippen molar-refractivity contribution < 1.29 is 18.0 Å². The van der Waals surface area contributed by atoms with Crippen LogP contribution >= 0.6 is 0 Å². The highest BCUT2D eigenvalue weighted by atomic mass is 32.2. The van der Waals surface area contributed by atoms with Gasteiger partial charge in [0.1, 0.15) is 0 Å². The molecule has 2 amide bonds. The Morgan fingerprint density at radius 3 is 2.30 bits per heavy atom. The van der Waals surface area contributed by atoms with E-state index in [1.54, 1.807) is 13.8 Å². The number of sulfonamides is 1. The summed E-state index contributed by atoms with van der Waals surface area (Å²) in [5, 5.41) is 4.97. The van der Waals surface area contributed by atoms with Gasteiger partial charge in [-0.25, -0.2) is 13.1 Å². The highest BCUT2D eigenvalue weighted by molar-refractivity contribution is 7.89. The van der Waals surface area contributed by atoms with Crippen LogP contribution in [0.1, 0.15) is 24.2 Å². The molecule has 0 unspecified atom stereocenters. The minimum Gasteiger partial charge on any atom is -0.351 e. The zero-order chi connectivity index (χ0) is 17.5. The molecule has 1 aromatic rings. The standard InChI is InChI=1S/C15H21N3O4S/c1-4-9-16-14(19)10-17-15(20)12-5-7-13(8-6-12)23(21,22)18-11(2)3/h4-8,11,18H,1,9-10H2,2-3H3,(H,16,19)(H,17,20). The molecular weight excluding hydrogens is 318 g/mol. The third kappa shape index (κ3) is 6.21. The Bertz CT molecular complexity index is 666. The average molecular weight is 339 g/mol. The second kappa shape index (κ2) is 8.44. The van der Waals surface area contributed by atoms with Crippen molar-refractivity contribution in [2.75, 3.05) is 13.1 Å². The van der Waals surface area contributed by atoms with E-state index in [-0.39, 0.29) is 29.0 Å². The van der Waals surface area contributed by atoms with Gasteiger partial charge in [0, 0.05) is 18.2 Å². The van der Waals surface area contributed by atoms with Crippen molar-refractivity contribution in [1.82, 2.24) is 15.4 Å². The van der Waals surface area contributed by atoms with Crippen molar-refractivity contribution in [2.45, 2.75) is 24.8 Å². The minimum atomic E-state index is -3.59. The van der Waals surface area contributed by atoms with E-state index in [0.717, 1.165) is 0 Å². The zero-order valence-corrected chi connectivity index (χ0v) is 13.9. The lowest BCUT2D eigenvalue weighted by Gasteiger charge is -2.10. The van der Waals surface area contributed by atoms with Gasteiger partial charge in [-0.3, -0.25) is 9.59 Å². The van der Waals surface area contributed by atoms with Gasteiger partial charge in [0.15, 0.2) is 0 Å². The summed E-state index contributed by atoms with van der Waals surface area (Å²) in [5.41, 5.74) is 0.269. The first-order chi connectivity index (χ1) is 10.8. The Morgan fingerprint density at radius 1 is 1.17 bits per heavy atom. The number of amides is 2. The van der Waals surface area contributed by atoms with Gasteiger partial charge in [0.25, 0.3) is 5.91 Å². The lowest BCUT2D eigenvalue weighted by Crippen LogP contribution is -2.36. The number of nitrogens with one attached hydrogen (secondary N) is 3. The first-order valence-electron chi connectivity index (χ1n) is 7.04. The third-order valence-corrected chi connectivity index (χ3v) is 4.35. The molecule has 0 radical (unpaired) electrons. The van der Waals surface area contributed by atoms with Crippen LogP contribution in [0.15, 0.2) is 41.8 Å². The van der Waals surface area contributed by atoms with Crippen LogP contribution in [-0.4, -0.2) is 39.4 Å². The van der Waals surface area contributed by atoms with E-state index in [0.29, 0.717) is 6.54 Å². The SMILES string of the molecule is C=CCNC(=O)CNC(=O)c1ccc(S(=O)(=O)NC(C)C)cc1. The highest BCUT2D eigenvalue weighted by Crippen LogP contribution is 2.11. The van der Waals surface area contributed by atoms with Gasteiger partial charge in [-0.2, -0.15) is 0 Å². The number of hydrogen-bond donors (Lipinski definition) is 3. The first-order valence-corrected chi connectivity index (χ1v) is 8.52. The molecule has 0 bridgehead atoms. The van der Waals surface area contributed by atoms with E-state index in [9.17, 15) is 18.0 Å². The molecule has 0 fully saturated rings. The Kier molecular flexibility index (Phi) is 6.92. The van der Waals surface area contributed by atoms with E-state index >= 15 is 0 Å². The molecule has 1 aromatic carbocycles. The minimum absolute atomic E-state index is 0.0754. The molecular formula is C15H21N3O4S. The molecule has 126 valence electrons. The second-order valence-corrected chi connectivity index (χ2v) is 6.79. The molecule has 7 nitrogen and oxygen atoms in total. The summed E-state index contributed by atoms with van der Waals surface area (Å²) in [7, 11) is -3.59. The molecule has 8 heteroatoms. The Balaban J connectivity index is 2.67. The van der Waals surface area contributed by atoms with Crippen molar-refractivity contribution in [3.63, 3.8) is 0 Å². The molecule has 0 saturated heterocycles. The third-order valence-electron chi connectivity index (χ3n) is 2.67. The van der Waals surface area contributed by atoms with Crippen LogP contribution in [0, 0.1) is 0 Å². The van der Waals surface area contributed by atoms with Crippen molar-refractivity contribution in [2.24, 2.45) is 0 Å². The Morgan fingerprint density at radius 2 is 1.78 bits per heavy atom. The van der Waals surface area contributed by atoms with Gasteiger partial charge in [-0.05, 0) is 38.1 Å². The first kappa shape index (κ1) is 18.9. The molecule has 0 saturated carbocycles. The topological polar surface area (TPSA) is 104 Å². The number of rotatable bonds is 8. The molecule has 3 N–H and O–H groups in total. The summed E-state index contributed by atoms with van der Waals surface area (Å²) in [4.78, 5) is 23.3. The number of carbonyl (C=O) groups is 2. The quantitative estimate of drug-likeness (QED) is 0.597. The van der Waals surface area contributed by atoms with E-state index in [1.807, 2.05) is 0 Å². The van der Waals surface area contributed by atoms with Crippen LogP contribution in [0.25, 0.3) is 0 Å². The highest BCUT2D eigenvalue weighted by Gasteiger charge is 2.16. The van der Waals surface area contributed by atoms with Crippen molar-refractivity contribution in [1.29, 1.82) is 0 Å².